The molecule has 0 radical (unpaired) electrons. The third kappa shape index (κ3) is 8.83. The van der Waals surface area contributed by atoms with Gasteiger partial charge in [0.1, 0.15) is 12.1 Å². The SMILES string of the molecule is C[C@@H](N[C@@H](CCc1ccccc1)C(=O)N[C@@H](CC1CCCCC1)C(=O)Nc1ccccc1)C(=O)O. The van der Waals surface area contributed by atoms with Gasteiger partial charge in [-0.15, -0.1) is 0 Å². The first-order valence-electron chi connectivity index (χ1n) is 12.6. The molecule has 2 amide bonds. The van der Waals surface area contributed by atoms with Gasteiger partial charge < -0.3 is 15.7 Å². The Morgan fingerprint density at radius 2 is 1.51 bits per heavy atom. The summed E-state index contributed by atoms with van der Waals surface area (Å²) in [5, 5.41) is 18.2. The van der Waals surface area contributed by atoms with E-state index in [4.69, 9.17) is 0 Å². The Morgan fingerprint density at radius 3 is 2.14 bits per heavy atom. The molecule has 0 saturated heterocycles. The number of para-hydroxylation sites is 1. The van der Waals surface area contributed by atoms with Crippen molar-refractivity contribution >= 4 is 23.5 Å². The Morgan fingerprint density at radius 1 is 0.886 bits per heavy atom. The average molecular weight is 480 g/mol. The monoisotopic (exact) mass is 479 g/mol. The molecule has 1 aliphatic carbocycles. The molecule has 35 heavy (non-hydrogen) atoms. The minimum absolute atomic E-state index is 0.247. The standard InChI is InChI=1S/C28H37N3O4/c1-20(28(34)35)29-24(18-17-21-11-5-2-6-12-21)26(32)31-25(19-22-13-7-3-8-14-22)27(33)30-23-15-9-4-10-16-23/h2,4-6,9-12,15-16,20,22,24-25,29H,3,7-8,13-14,17-19H2,1H3,(H,30,33)(H,31,32)(H,34,35)/t20-,24+,25+/m1/s1. The fourth-order valence-electron chi connectivity index (χ4n) is 4.63. The van der Waals surface area contributed by atoms with Gasteiger partial charge in [0.15, 0.2) is 0 Å². The molecular weight excluding hydrogens is 442 g/mol. The van der Waals surface area contributed by atoms with E-state index < -0.39 is 24.1 Å². The summed E-state index contributed by atoms with van der Waals surface area (Å²) in [4.78, 5) is 38.1. The number of nitrogens with one attached hydrogen (secondary N) is 3. The van der Waals surface area contributed by atoms with E-state index in [0.717, 1.165) is 31.2 Å². The van der Waals surface area contributed by atoms with Crippen molar-refractivity contribution < 1.29 is 19.5 Å². The largest absolute Gasteiger partial charge is 0.480 e. The zero-order valence-electron chi connectivity index (χ0n) is 20.4. The Labute approximate surface area is 207 Å². The van der Waals surface area contributed by atoms with Gasteiger partial charge in [0.05, 0.1) is 6.04 Å². The molecule has 4 N–H and O–H groups in total. The Balaban J connectivity index is 1.72. The number of benzene rings is 2. The molecule has 2 aromatic carbocycles. The highest BCUT2D eigenvalue weighted by molar-refractivity contribution is 5.98. The van der Waals surface area contributed by atoms with Crippen molar-refractivity contribution in [2.24, 2.45) is 5.92 Å². The molecule has 0 heterocycles. The van der Waals surface area contributed by atoms with Crippen molar-refractivity contribution in [1.29, 1.82) is 0 Å². The lowest BCUT2D eigenvalue weighted by Crippen LogP contribution is -2.54. The summed E-state index contributed by atoms with van der Waals surface area (Å²) in [6, 6.07) is 16.7. The molecule has 1 fully saturated rings. The quantitative estimate of drug-likeness (QED) is 0.366. The summed E-state index contributed by atoms with van der Waals surface area (Å²) in [6.45, 7) is 1.52. The molecule has 7 heteroatoms. The molecule has 0 unspecified atom stereocenters. The minimum atomic E-state index is -1.02. The molecule has 3 atom stereocenters. The van der Waals surface area contributed by atoms with Gasteiger partial charge in [-0.1, -0.05) is 80.6 Å². The summed E-state index contributed by atoms with van der Waals surface area (Å²) < 4.78 is 0. The van der Waals surface area contributed by atoms with Crippen molar-refractivity contribution in [1.82, 2.24) is 10.6 Å². The second-order valence-electron chi connectivity index (χ2n) is 9.46. The van der Waals surface area contributed by atoms with Crippen molar-refractivity contribution in [3.8, 4) is 0 Å². The first-order valence-corrected chi connectivity index (χ1v) is 12.6. The van der Waals surface area contributed by atoms with Crippen molar-refractivity contribution in [2.45, 2.75) is 76.4 Å². The van der Waals surface area contributed by atoms with Crippen molar-refractivity contribution in [3.05, 3.63) is 66.2 Å². The fourth-order valence-corrected chi connectivity index (χ4v) is 4.63. The van der Waals surface area contributed by atoms with Crippen LogP contribution in [0.2, 0.25) is 0 Å². The van der Waals surface area contributed by atoms with Crippen LogP contribution in [0.4, 0.5) is 5.69 Å². The first kappa shape index (κ1) is 26.4. The second-order valence-corrected chi connectivity index (χ2v) is 9.46. The number of carbonyl (C=O) groups is 3. The van der Waals surface area contributed by atoms with Crippen LogP contribution in [0.1, 0.15) is 57.4 Å². The third-order valence-electron chi connectivity index (χ3n) is 6.67. The molecule has 1 saturated carbocycles. The lowest BCUT2D eigenvalue weighted by Gasteiger charge is -2.28. The summed E-state index contributed by atoms with van der Waals surface area (Å²) in [6.07, 6.45) is 7.21. The van der Waals surface area contributed by atoms with E-state index in [1.807, 2.05) is 60.7 Å². The molecule has 188 valence electrons. The van der Waals surface area contributed by atoms with E-state index in [0.29, 0.717) is 30.9 Å². The number of carbonyl (C=O) groups excluding carboxylic acids is 2. The normalized spacial score (nSPS) is 16.6. The first-order chi connectivity index (χ1) is 16.9. The molecule has 0 bridgehead atoms. The van der Waals surface area contributed by atoms with Gasteiger partial charge in [0, 0.05) is 5.69 Å². The second kappa shape index (κ2) is 13.6. The molecular formula is C28H37N3O4. The zero-order valence-corrected chi connectivity index (χ0v) is 20.4. The highest BCUT2D eigenvalue weighted by Crippen LogP contribution is 2.27. The van der Waals surface area contributed by atoms with E-state index in [-0.39, 0.29) is 11.8 Å². The summed E-state index contributed by atoms with van der Waals surface area (Å²) in [5.74, 6) is -1.24. The molecule has 2 aromatic rings. The number of hydrogen-bond acceptors (Lipinski definition) is 4. The number of hydrogen-bond donors (Lipinski definition) is 4. The molecule has 0 aliphatic heterocycles. The topological polar surface area (TPSA) is 108 Å². The predicted octanol–water partition coefficient (Wildman–Crippen LogP) is 4.14. The number of anilines is 1. The number of aliphatic carboxylic acids is 1. The Bertz CT molecular complexity index is 945. The molecule has 0 aromatic heterocycles. The number of rotatable bonds is 12. The number of aryl methyl sites for hydroxylation is 1. The average Bonchev–Trinajstić information content (AvgIpc) is 2.87. The molecule has 3 rings (SSSR count). The van der Waals surface area contributed by atoms with Gasteiger partial charge in [-0.25, -0.2) is 0 Å². The summed E-state index contributed by atoms with van der Waals surface area (Å²) in [5.41, 5.74) is 1.74. The maximum Gasteiger partial charge on any atom is 0.320 e. The highest BCUT2D eigenvalue weighted by Gasteiger charge is 2.30. The number of amides is 2. The van der Waals surface area contributed by atoms with E-state index in [2.05, 4.69) is 16.0 Å². The molecule has 1 aliphatic rings. The maximum absolute atomic E-state index is 13.4. The molecule has 7 nitrogen and oxygen atoms in total. The summed E-state index contributed by atoms with van der Waals surface area (Å²) >= 11 is 0. The zero-order chi connectivity index (χ0) is 25.0. The van der Waals surface area contributed by atoms with Crippen molar-refractivity contribution in [3.63, 3.8) is 0 Å². The maximum atomic E-state index is 13.4. The molecule has 0 spiro atoms. The van der Waals surface area contributed by atoms with Crippen LogP contribution in [0.25, 0.3) is 0 Å². The predicted molar refractivity (Wildman–Crippen MR) is 137 cm³/mol. The van der Waals surface area contributed by atoms with E-state index in [1.165, 1.54) is 13.3 Å². The smallest absolute Gasteiger partial charge is 0.320 e. The van der Waals surface area contributed by atoms with Crippen LogP contribution in [0, 0.1) is 5.92 Å². The van der Waals surface area contributed by atoms with Crippen LogP contribution in [0.3, 0.4) is 0 Å². The Hall–Kier alpha value is -3.19. The lowest BCUT2D eigenvalue weighted by atomic mass is 9.84. The van der Waals surface area contributed by atoms with Crippen molar-refractivity contribution in [2.75, 3.05) is 5.32 Å². The van der Waals surface area contributed by atoms with Gasteiger partial charge in [-0.3, -0.25) is 19.7 Å². The van der Waals surface area contributed by atoms with E-state index in [1.54, 1.807) is 0 Å². The van der Waals surface area contributed by atoms with E-state index in [9.17, 15) is 19.5 Å². The van der Waals surface area contributed by atoms with E-state index >= 15 is 0 Å². The van der Waals surface area contributed by atoms with Crippen LogP contribution in [0.15, 0.2) is 60.7 Å². The number of carboxylic acid groups (broad SMARTS) is 1. The van der Waals surface area contributed by atoms with Gasteiger partial charge in [-0.2, -0.15) is 0 Å². The van der Waals surface area contributed by atoms with Gasteiger partial charge in [0.2, 0.25) is 11.8 Å². The minimum Gasteiger partial charge on any atom is -0.480 e. The highest BCUT2D eigenvalue weighted by atomic mass is 16.4. The van der Waals surface area contributed by atoms with Crippen LogP contribution >= 0.6 is 0 Å². The summed E-state index contributed by atoms with van der Waals surface area (Å²) in [7, 11) is 0. The van der Waals surface area contributed by atoms with Crippen LogP contribution < -0.4 is 16.0 Å². The third-order valence-corrected chi connectivity index (χ3v) is 6.67. The fraction of sp³-hybridized carbons (Fsp3) is 0.464. The lowest BCUT2D eigenvalue weighted by molar-refractivity contribution is -0.139. The number of carboxylic acids is 1. The Kier molecular flexibility index (Phi) is 10.3. The van der Waals surface area contributed by atoms with Crippen LogP contribution in [-0.4, -0.2) is 41.0 Å². The van der Waals surface area contributed by atoms with Gasteiger partial charge in [-0.05, 0) is 49.8 Å². The van der Waals surface area contributed by atoms with Crippen LogP contribution in [-0.2, 0) is 20.8 Å². The van der Waals surface area contributed by atoms with Gasteiger partial charge >= 0.3 is 5.97 Å². The van der Waals surface area contributed by atoms with Gasteiger partial charge in [0.25, 0.3) is 0 Å². The van der Waals surface area contributed by atoms with Crippen LogP contribution in [0.5, 0.6) is 0 Å².